The van der Waals surface area contributed by atoms with Crippen LogP contribution in [0.2, 0.25) is 0 Å². The predicted molar refractivity (Wildman–Crippen MR) is 66.0 cm³/mol. The lowest BCUT2D eigenvalue weighted by molar-refractivity contribution is 0.575. The number of thiophene rings is 1. The Morgan fingerprint density at radius 1 is 1.12 bits per heavy atom. The van der Waals surface area contributed by atoms with Crippen LogP contribution in [0.5, 0.6) is 0 Å². The van der Waals surface area contributed by atoms with Crippen LogP contribution < -0.4 is 5.32 Å². The van der Waals surface area contributed by atoms with E-state index in [0.29, 0.717) is 12.1 Å². The van der Waals surface area contributed by atoms with E-state index in [2.05, 4.69) is 18.3 Å². The molecule has 1 nitrogen and oxygen atoms in total. The standard InChI is InChI=1S/C13H13F2NS/c1-9-2-3-17-13(9)8-16-7-10-4-11(14)6-12(15)5-10/h2-6,16H,7-8H2,1H3. The Bertz CT molecular complexity index is 488. The van der Waals surface area contributed by atoms with Gasteiger partial charge in [-0.3, -0.25) is 0 Å². The molecule has 0 spiro atoms. The summed E-state index contributed by atoms with van der Waals surface area (Å²) in [6.45, 7) is 3.24. The zero-order chi connectivity index (χ0) is 12.3. The van der Waals surface area contributed by atoms with Gasteiger partial charge in [0.15, 0.2) is 0 Å². The Morgan fingerprint density at radius 3 is 2.41 bits per heavy atom. The van der Waals surface area contributed by atoms with E-state index in [1.807, 2.05) is 5.38 Å². The van der Waals surface area contributed by atoms with E-state index in [4.69, 9.17) is 0 Å². The van der Waals surface area contributed by atoms with E-state index in [9.17, 15) is 8.78 Å². The van der Waals surface area contributed by atoms with Crippen LogP contribution >= 0.6 is 11.3 Å². The third-order valence-corrected chi connectivity index (χ3v) is 3.53. The molecule has 2 aromatic rings. The molecule has 4 heteroatoms. The number of rotatable bonds is 4. The fraction of sp³-hybridized carbons (Fsp3) is 0.231. The van der Waals surface area contributed by atoms with Crippen LogP contribution in [0.4, 0.5) is 8.78 Å². The first kappa shape index (κ1) is 12.2. The summed E-state index contributed by atoms with van der Waals surface area (Å²) >= 11 is 1.68. The summed E-state index contributed by atoms with van der Waals surface area (Å²) in [4.78, 5) is 1.25. The Balaban J connectivity index is 1.92. The minimum absolute atomic E-state index is 0.464. The molecule has 0 bridgehead atoms. The van der Waals surface area contributed by atoms with Gasteiger partial charge in [-0.05, 0) is 41.6 Å². The van der Waals surface area contributed by atoms with Crippen molar-refractivity contribution in [3.63, 3.8) is 0 Å². The van der Waals surface area contributed by atoms with Gasteiger partial charge in [0, 0.05) is 24.0 Å². The monoisotopic (exact) mass is 253 g/mol. The summed E-state index contributed by atoms with van der Waals surface area (Å²) in [6, 6.07) is 5.63. The van der Waals surface area contributed by atoms with Crippen molar-refractivity contribution in [2.45, 2.75) is 20.0 Å². The Labute approximate surface area is 103 Å². The third-order valence-electron chi connectivity index (χ3n) is 2.51. The highest BCUT2D eigenvalue weighted by molar-refractivity contribution is 7.10. The van der Waals surface area contributed by atoms with Crippen molar-refractivity contribution in [1.82, 2.24) is 5.32 Å². The zero-order valence-electron chi connectivity index (χ0n) is 9.47. The highest BCUT2D eigenvalue weighted by atomic mass is 32.1. The average molecular weight is 253 g/mol. The molecule has 0 fully saturated rings. The maximum atomic E-state index is 12.9. The maximum absolute atomic E-state index is 12.9. The first-order valence-electron chi connectivity index (χ1n) is 5.34. The summed E-state index contributed by atoms with van der Waals surface area (Å²) in [7, 11) is 0. The number of benzene rings is 1. The molecular weight excluding hydrogens is 240 g/mol. The molecule has 0 aliphatic carbocycles. The van der Waals surface area contributed by atoms with Gasteiger partial charge in [-0.2, -0.15) is 0 Å². The number of hydrogen-bond acceptors (Lipinski definition) is 2. The normalized spacial score (nSPS) is 10.8. The second kappa shape index (κ2) is 5.38. The zero-order valence-corrected chi connectivity index (χ0v) is 10.3. The van der Waals surface area contributed by atoms with E-state index in [-0.39, 0.29) is 0 Å². The second-order valence-corrected chi connectivity index (χ2v) is 4.91. The average Bonchev–Trinajstić information content (AvgIpc) is 2.63. The van der Waals surface area contributed by atoms with Gasteiger partial charge in [-0.25, -0.2) is 8.78 Å². The first-order valence-corrected chi connectivity index (χ1v) is 6.22. The highest BCUT2D eigenvalue weighted by Gasteiger charge is 2.02. The molecule has 0 aliphatic heterocycles. The summed E-state index contributed by atoms with van der Waals surface area (Å²) < 4.78 is 25.9. The highest BCUT2D eigenvalue weighted by Crippen LogP contribution is 2.15. The van der Waals surface area contributed by atoms with Crippen LogP contribution in [0.1, 0.15) is 16.0 Å². The Morgan fingerprint density at radius 2 is 1.82 bits per heavy atom. The van der Waals surface area contributed by atoms with Gasteiger partial charge in [0.25, 0.3) is 0 Å². The van der Waals surface area contributed by atoms with Crippen molar-refractivity contribution in [2.75, 3.05) is 0 Å². The minimum Gasteiger partial charge on any atom is -0.308 e. The van der Waals surface area contributed by atoms with Gasteiger partial charge in [0.1, 0.15) is 11.6 Å². The topological polar surface area (TPSA) is 12.0 Å². The Hall–Kier alpha value is -1.26. The number of halogens is 2. The predicted octanol–water partition coefficient (Wildman–Crippen LogP) is 3.62. The molecule has 1 aromatic heterocycles. The molecule has 0 saturated heterocycles. The second-order valence-electron chi connectivity index (χ2n) is 3.91. The fourth-order valence-corrected chi connectivity index (χ4v) is 2.49. The lowest BCUT2D eigenvalue weighted by atomic mass is 10.2. The van der Waals surface area contributed by atoms with Crippen molar-refractivity contribution in [3.05, 3.63) is 57.3 Å². The van der Waals surface area contributed by atoms with Crippen LogP contribution in [0.15, 0.2) is 29.6 Å². The molecular formula is C13H13F2NS. The quantitative estimate of drug-likeness (QED) is 0.877. The minimum atomic E-state index is -0.533. The lowest BCUT2D eigenvalue weighted by Gasteiger charge is -2.05. The van der Waals surface area contributed by atoms with E-state index < -0.39 is 11.6 Å². The molecule has 0 unspecified atom stereocenters. The summed E-state index contributed by atoms with van der Waals surface area (Å²) in [5.41, 5.74) is 1.87. The van der Waals surface area contributed by atoms with E-state index in [0.717, 1.165) is 12.6 Å². The molecule has 1 N–H and O–H groups in total. The van der Waals surface area contributed by atoms with Crippen LogP contribution in [-0.4, -0.2) is 0 Å². The van der Waals surface area contributed by atoms with Gasteiger partial charge >= 0.3 is 0 Å². The number of nitrogens with one attached hydrogen (secondary N) is 1. The van der Waals surface area contributed by atoms with Gasteiger partial charge in [-0.15, -0.1) is 11.3 Å². The molecule has 17 heavy (non-hydrogen) atoms. The molecule has 0 atom stereocenters. The van der Waals surface area contributed by atoms with Gasteiger partial charge < -0.3 is 5.32 Å². The maximum Gasteiger partial charge on any atom is 0.126 e. The van der Waals surface area contributed by atoms with E-state index in [1.54, 1.807) is 11.3 Å². The third kappa shape index (κ3) is 3.35. The smallest absolute Gasteiger partial charge is 0.126 e. The van der Waals surface area contributed by atoms with Crippen LogP contribution in [0.25, 0.3) is 0 Å². The van der Waals surface area contributed by atoms with Crippen LogP contribution in [0.3, 0.4) is 0 Å². The van der Waals surface area contributed by atoms with Gasteiger partial charge in [0.05, 0.1) is 0 Å². The number of hydrogen-bond donors (Lipinski definition) is 1. The lowest BCUT2D eigenvalue weighted by Crippen LogP contribution is -2.12. The van der Waals surface area contributed by atoms with Crippen molar-refractivity contribution in [2.24, 2.45) is 0 Å². The first-order chi connectivity index (χ1) is 8.15. The SMILES string of the molecule is Cc1ccsc1CNCc1cc(F)cc(F)c1. The molecule has 0 aliphatic rings. The van der Waals surface area contributed by atoms with Gasteiger partial charge in [0.2, 0.25) is 0 Å². The largest absolute Gasteiger partial charge is 0.308 e. The molecule has 2 rings (SSSR count). The van der Waals surface area contributed by atoms with Crippen molar-refractivity contribution >= 4 is 11.3 Å². The van der Waals surface area contributed by atoms with E-state index in [1.165, 1.54) is 22.6 Å². The van der Waals surface area contributed by atoms with E-state index >= 15 is 0 Å². The molecule has 0 radical (unpaired) electrons. The summed E-state index contributed by atoms with van der Waals surface area (Å²) in [5.74, 6) is -1.07. The number of aryl methyl sites for hydroxylation is 1. The molecule has 90 valence electrons. The van der Waals surface area contributed by atoms with Crippen molar-refractivity contribution in [1.29, 1.82) is 0 Å². The fourth-order valence-electron chi connectivity index (χ4n) is 1.62. The van der Waals surface area contributed by atoms with Gasteiger partial charge in [-0.1, -0.05) is 0 Å². The van der Waals surface area contributed by atoms with Crippen LogP contribution in [0, 0.1) is 18.6 Å². The molecule has 1 heterocycles. The van der Waals surface area contributed by atoms with Crippen molar-refractivity contribution in [3.8, 4) is 0 Å². The molecule has 0 saturated carbocycles. The molecule has 0 amide bonds. The van der Waals surface area contributed by atoms with Crippen LogP contribution in [-0.2, 0) is 13.1 Å². The summed E-state index contributed by atoms with van der Waals surface area (Å²) in [5, 5.41) is 5.21. The Kier molecular flexibility index (Phi) is 3.86. The van der Waals surface area contributed by atoms with Crippen molar-refractivity contribution < 1.29 is 8.78 Å². The molecule has 1 aromatic carbocycles. The summed E-state index contributed by atoms with van der Waals surface area (Å²) in [6.07, 6.45) is 0.